The molecule has 8 heteroatoms. The van der Waals surface area contributed by atoms with E-state index in [0.29, 0.717) is 17.4 Å². The maximum Gasteiger partial charge on any atom is 0.236 e. The van der Waals surface area contributed by atoms with Crippen molar-refractivity contribution in [2.24, 2.45) is 0 Å². The molecule has 1 amide bonds. The smallest absolute Gasteiger partial charge is 0.236 e. The van der Waals surface area contributed by atoms with Crippen LogP contribution in [0.4, 0.5) is 0 Å². The summed E-state index contributed by atoms with van der Waals surface area (Å²) in [4.78, 5) is 15.9. The number of carbonyl (C=O) groups excluding carboxylic acids is 1. The van der Waals surface area contributed by atoms with Crippen LogP contribution in [0.3, 0.4) is 0 Å². The van der Waals surface area contributed by atoms with Gasteiger partial charge in [0.15, 0.2) is 5.15 Å². The number of hydrogen-bond acceptors (Lipinski definition) is 6. The molecule has 31 heavy (non-hydrogen) atoms. The molecule has 6 nitrogen and oxygen atoms in total. The van der Waals surface area contributed by atoms with Crippen molar-refractivity contribution in [3.8, 4) is 11.3 Å². The Balaban J connectivity index is 1.62. The van der Waals surface area contributed by atoms with Crippen LogP contribution < -0.4 is 0 Å². The Labute approximate surface area is 188 Å². The van der Waals surface area contributed by atoms with Crippen LogP contribution >= 0.6 is 22.9 Å². The van der Waals surface area contributed by atoms with Crippen LogP contribution in [0.5, 0.6) is 0 Å². The number of likely N-dealkylation sites (tertiary alicyclic amines) is 1. The van der Waals surface area contributed by atoms with Crippen molar-refractivity contribution in [3.63, 3.8) is 0 Å². The Hall–Kier alpha value is -3.03. The van der Waals surface area contributed by atoms with Crippen LogP contribution in [0.1, 0.15) is 29.7 Å². The molecule has 0 saturated carbocycles. The molecule has 1 aromatic carbocycles. The monoisotopic (exact) mass is 450 g/mol. The van der Waals surface area contributed by atoms with Crippen LogP contribution in [-0.4, -0.2) is 33.9 Å². The maximum absolute atomic E-state index is 13.4. The number of hydrogen-bond donors (Lipinski definition) is 1. The van der Waals surface area contributed by atoms with Crippen molar-refractivity contribution in [3.05, 3.63) is 69.7 Å². The lowest BCUT2D eigenvalue weighted by atomic mass is 9.67. The minimum Gasteiger partial charge on any atom is -0.464 e. The van der Waals surface area contributed by atoms with E-state index in [0.717, 1.165) is 32.7 Å². The zero-order valence-corrected chi connectivity index (χ0v) is 18.5. The molecule has 1 saturated heterocycles. The van der Waals surface area contributed by atoms with Crippen LogP contribution in [0.2, 0.25) is 5.15 Å². The summed E-state index contributed by atoms with van der Waals surface area (Å²) in [5.41, 5.74) is 2.78. The number of amides is 1. The topological polar surface area (TPSA) is 83.1 Å². The van der Waals surface area contributed by atoms with E-state index in [-0.39, 0.29) is 5.91 Å². The first kappa shape index (κ1) is 19.9. The molecule has 1 aliphatic rings. The summed E-state index contributed by atoms with van der Waals surface area (Å²) < 4.78 is 5.47. The average molecular weight is 451 g/mol. The Morgan fingerprint density at radius 1 is 1.23 bits per heavy atom. The van der Waals surface area contributed by atoms with Crippen molar-refractivity contribution >= 4 is 45.6 Å². The van der Waals surface area contributed by atoms with Crippen LogP contribution in [-0.2, 0) is 10.2 Å². The molecule has 156 valence electrons. The molecule has 0 spiro atoms. The van der Waals surface area contributed by atoms with Crippen LogP contribution in [0.15, 0.2) is 58.5 Å². The van der Waals surface area contributed by atoms with Gasteiger partial charge in [0.25, 0.3) is 0 Å². The van der Waals surface area contributed by atoms with E-state index in [9.17, 15) is 4.79 Å². The number of likely N-dealkylation sites (N-methyl/N-ethyl adjacent to an activating group) is 1. The van der Waals surface area contributed by atoms with Gasteiger partial charge in [0, 0.05) is 40.1 Å². The zero-order valence-electron chi connectivity index (χ0n) is 16.9. The lowest BCUT2D eigenvalue weighted by Gasteiger charge is -2.44. The fraction of sp³-hybridized carbons (Fsp3) is 0.217. The number of nitrogens with one attached hydrogen (secondary N) is 1. The van der Waals surface area contributed by atoms with Gasteiger partial charge in [-0.15, -0.1) is 21.5 Å². The van der Waals surface area contributed by atoms with Gasteiger partial charge in [-0.25, -0.2) is 0 Å². The highest BCUT2D eigenvalue weighted by molar-refractivity contribution is 7.10. The van der Waals surface area contributed by atoms with Crippen molar-refractivity contribution in [2.75, 3.05) is 7.05 Å². The van der Waals surface area contributed by atoms with Gasteiger partial charge in [0.05, 0.1) is 17.9 Å². The van der Waals surface area contributed by atoms with E-state index in [1.807, 2.05) is 35.7 Å². The van der Waals surface area contributed by atoms with Gasteiger partial charge in [0.1, 0.15) is 11.4 Å². The minimum atomic E-state index is -0.569. The van der Waals surface area contributed by atoms with Gasteiger partial charge in [0.2, 0.25) is 5.91 Å². The van der Waals surface area contributed by atoms with Crippen molar-refractivity contribution in [2.45, 2.75) is 24.7 Å². The van der Waals surface area contributed by atoms with E-state index < -0.39 is 11.3 Å². The third kappa shape index (κ3) is 3.25. The summed E-state index contributed by atoms with van der Waals surface area (Å²) in [6.07, 6.45) is 2.10. The first-order chi connectivity index (χ1) is 14.9. The van der Waals surface area contributed by atoms with E-state index >= 15 is 0 Å². The molecule has 5 rings (SSSR count). The summed E-state index contributed by atoms with van der Waals surface area (Å²) in [5, 5.41) is 19.9. The number of furan rings is 1. The SMILES string of the molecule is CN1C(=N)C[C@](C)(c2cc(-c3ccc(Cl)nn3)cs2)C(c2ccc3occc3c2)C1=O. The van der Waals surface area contributed by atoms with Gasteiger partial charge < -0.3 is 9.32 Å². The molecular weight excluding hydrogens is 432 g/mol. The summed E-state index contributed by atoms with van der Waals surface area (Å²) >= 11 is 7.45. The number of halogens is 1. The van der Waals surface area contributed by atoms with E-state index in [4.69, 9.17) is 21.4 Å². The molecule has 0 bridgehead atoms. The van der Waals surface area contributed by atoms with Crippen molar-refractivity contribution < 1.29 is 9.21 Å². The summed E-state index contributed by atoms with van der Waals surface area (Å²) in [5.74, 6) is -0.189. The number of benzene rings is 1. The molecule has 1 N–H and O–H groups in total. The normalized spacial score (nSPS) is 21.8. The summed E-state index contributed by atoms with van der Waals surface area (Å²) in [6.45, 7) is 2.07. The Bertz CT molecular complexity index is 1310. The van der Waals surface area contributed by atoms with Crippen molar-refractivity contribution in [1.82, 2.24) is 15.1 Å². The second-order valence-corrected chi connectivity index (χ2v) is 9.33. The number of carbonyl (C=O) groups is 1. The summed E-state index contributed by atoms with van der Waals surface area (Å²) in [6, 6.07) is 13.4. The van der Waals surface area contributed by atoms with Gasteiger partial charge in [-0.2, -0.15) is 0 Å². The predicted octanol–water partition coefficient (Wildman–Crippen LogP) is 5.49. The Morgan fingerprint density at radius 3 is 2.84 bits per heavy atom. The third-order valence-electron chi connectivity index (χ3n) is 6.05. The van der Waals surface area contributed by atoms with E-state index in [2.05, 4.69) is 23.2 Å². The van der Waals surface area contributed by atoms with Gasteiger partial charge in [-0.3, -0.25) is 10.2 Å². The van der Waals surface area contributed by atoms with E-state index in [1.165, 1.54) is 4.90 Å². The third-order valence-corrected chi connectivity index (χ3v) is 7.47. The number of fused-ring (bicyclic) bond motifs is 1. The molecule has 4 aromatic rings. The maximum atomic E-state index is 13.4. The highest BCUT2D eigenvalue weighted by Crippen LogP contribution is 2.49. The number of thiophene rings is 1. The number of piperidine rings is 1. The van der Waals surface area contributed by atoms with Gasteiger partial charge in [-0.1, -0.05) is 24.6 Å². The zero-order chi connectivity index (χ0) is 21.8. The van der Waals surface area contributed by atoms with Crippen molar-refractivity contribution in [1.29, 1.82) is 5.41 Å². The second kappa shape index (κ2) is 7.28. The molecule has 3 aromatic heterocycles. The number of aromatic nitrogens is 2. The number of rotatable bonds is 3. The standard InChI is InChI=1S/C23H19ClN4O2S/c1-23(18-10-15(12-31-18)16-4-6-19(24)27-26-16)11-20(25)28(2)22(29)21(23)14-3-5-17-13(9-14)7-8-30-17/h3-10,12,21,25H,11H2,1-2H3/t21?,23-/m1/s1. The minimum absolute atomic E-state index is 0.0807. The molecule has 1 unspecified atom stereocenters. The first-order valence-corrected chi connectivity index (χ1v) is 11.0. The Morgan fingerprint density at radius 2 is 2.06 bits per heavy atom. The number of nitrogens with zero attached hydrogens (tertiary/aromatic N) is 3. The molecule has 2 atom stereocenters. The molecular formula is C23H19ClN4O2S. The lowest BCUT2D eigenvalue weighted by Crippen LogP contribution is -2.51. The molecule has 1 aliphatic heterocycles. The van der Waals surface area contributed by atoms with Gasteiger partial charge in [-0.05, 0) is 42.0 Å². The van der Waals surface area contributed by atoms with Gasteiger partial charge >= 0.3 is 0 Å². The molecule has 1 fully saturated rings. The molecule has 0 radical (unpaired) electrons. The molecule has 0 aliphatic carbocycles. The largest absolute Gasteiger partial charge is 0.464 e. The lowest BCUT2D eigenvalue weighted by molar-refractivity contribution is -0.131. The van der Waals surface area contributed by atoms with E-state index in [1.54, 1.807) is 30.7 Å². The predicted molar refractivity (Wildman–Crippen MR) is 122 cm³/mol. The fourth-order valence-electron chi connectivity index (χ4n) is 4.31. The van der Waals surface area contributed by atoms with Crippen LogP contribution in [0, 0.1) is 5.41 Å². The second-order valence-electron chi connectivity index (χ2n) is 8.03. The molecule has 4 heterocycles. The Kier molecular flexibility index (Phi) is 4.68. The quantitative estimate of drug-likeness (QED) is 0.447. The average Bonchev–Trinajstić information content (AvgIpc) is 3.42. The highest BCUT2D eigenvalue weighted by Gasteiger charge is 2.49. The summed E-state index contributed by atoms with van der Waals surface area (Å²) in [7, 11) is 1.68. The number of amidine groups is 1. The highest BCUT2D eigenvalue weighted by atomic mass is 35.5. The first-order valence-electron chi connectivity index (χ1n) is 9.77. The van der Waals surface area contributed by atoms with Crippen LogP contribution in [0.25, 0.3) is 22.2 Å². The fourth-order valence-corrected chi connectivity index (χ4v) is 5.51.